The molecule has 5 heteroatoms. The monoisotopic (exact) mass is 239 g/mol. The normalized spacial score (nSPS) is 12.5. The minimum atomic E-state index is -0.0214. The highest BCUT2D eigenvalue weighted by molar-refractivity contribution is 5.28. The summed E-state index contributed by atoms with van der Waals surface area (Å²) in [5.41, 5.74) is 0. The third-order valence-electron chi connectivity index (χ3n) is 2.23. The van der Waals surface area contributed by atoms with Gasteiger partial charge < -0.3 is 15.2 Å². The zero-order chi connectivity index (χ0) is 12.7. The fourth-order valence-electron chi connectivity index (χ4n) is 1.57. The Balaban J connectivity index is 2.62. The van der Waals surface area contributed by atoms with Crippen molar-refractivity contribution < 1.29 is 9.84 Å². The van der Waals surface area contributed by atoms with Crippen LogP contribution in [-0.4, -0.2) is 34.3 Å². The van der Waals surface area contributed by atoms with Gasteiger partial charge in [0.15, 0.2) is 0 Å². The van der Waals surface area contributed by atoms with Crippen molar-refractivity contribution in [3.05, 3.63) is 12.3 Å². The van der Waals surface area contributed by atoms with Crippen LogP contribution in [0, 0.1) is 5.92 Å². The first-order valence-electron chi connectivity index (χ1n) is 5.99. The Labute approximate surface area is 102 Å². The Morgan fingerprint density at radius 2 is 2.24 bits per heavy atom. The van der Waals surface area contributed by atoms with Gasteiger partial charge in [-0.1, -0.05) is 13.8 Å². The topological polar surface area (TPSA) is 67.3 Å². The molecule has 5 nitrogen and oxygen atoms in total. The molecular weight excluding hydrogens is 218 g/mol. The van der Waals surface area contributed by atoms with Crippen LogP contribution >= 0.6 is 0 Å². The van der Waals surface area contributed by atoms with Gasteiger partial charge >= 0.3 is 0 Å². The van der Waals surface area contributed by atoms with Crippen molar-refractivity contribution in [3.8, 4) is 5.88 Å². The zero-order valence-corrected chi connectivity index (χ0v) is 10.7. The molecule has 0 aliphatic carbocycles. The molecular formula is C12H21N3O2. The average molecular weight is 239 g/mol. The van der Waals surface area contributed by atoms with Crippen molar-refractivity contribution in [2.45, 2.75) is 33.2 Å². The number of rotatable bonds is 7. The van der Waals surface area contributed by atoms with Gasteiger partial charge in [-0.25, -0.2) is 4.98 Å². The van der Waals surface area contributed by atoms with Gasteiger partial charge in [0.25, 0.3) is 0 Å². The third kappa shape index (κ3) is 4.99. The van der Waals surface area contributed by atoms with Crippen molar-refractivity contribution in [1.82, 2.24) is 9.97 Å². The summed E-state index contributed by atoms with van der Waals surface area (Å²) in [4.78, 5) is 8.31. The maximum atomic E-state index is 9.26. The number of aliphatic hydroxyl groups excluding tert-OH is 1. The van der Waals surface area contributed by atoms with Gasteiger partial charge in [0.05, 0.1) is 19.3 Å². The fourth-order valence-corrected chi connectivity index (χ4v) is 1.57. The van der Waals surface area contributed by atoms with Crippen LogP contribution in [0.3, 0.4) is 0 Å². The number of aromatic nitrogens is 2. The Morgan fingerprint density at radius 1 is 1.47 bits per heavy atom. The highest BCUT2D eigenvalue weighted by Crippen LogP contribution is 2.12. The van der Waals surface area contributed by atoms with E-state index in [1.54, 1.807) is 12.3 Å². The molecule has 1 atom stereocenters. The maximum Gasteiger partial charge on any atom is 0.226 e. The Bertz CT molecular complexity index is 331. The number of nitrogens with zero attached hydrogens (tertiary/aromatic N) is 2. The van der Waals surface area contributed by atoms with Crippen molar-refractivity contribution >= 4 is 5.95 Å². The van der Waals surface area contributed by atoms with E-state index < -0.39 is 0 Å². The van der Waals surface area contributed by atoms with Crippen LogP contribution in [-0.2, 0) is 0 Å². The molecule has 17 heavy (non-hydrogen) atoms. The number of hydrogen-bond acceptors (Lipinski definition) is 5. The van der Waals surface area contributed by atoms with E-state index in [4.69, 9.17) is 4.74 Å². The van der Waals surface area contributed by atoms with E-state index >= 15 is 0 Å². The summed E-state index contributed by atoms with van der Waals surface area (Å²) in [6.45, 7) is 6.78. The third-order valence-corrected chi connectivity index (χ3v) is 2.23. The molecule has 0 amide bonds. The van der Waals surface area contributed by atoms with E-state index in [1.807, 2.05) is 6.92 Å². The van der Waals surface area contributed by atoms with Gasteiger partial charge in [-0.2, -0.15) is 4.98 Å². The summed E-state index contributed by atoms with van der Waals surface area (Å²) in [6.07, 6.45) is 2.52. The average Bonchev–Trinajstić information content (AvgIpc) is 2.28. The van der Waals surface area contributed by atoms with Crippen molar-refractivity contribution in [2.75, 3.05) is 18.5 Å². The number of nitrogens with one attached hydrogen (secondary N) is 1. The summed E-state index contributed by atoms with van der Waals surface area (Å²) in [6, 6.07) is 1.69. The van der Waals surface area contributed by atoms with Crippen LogP contribution in [0.15, 0.2) is 12.3 Å². The number of hydrogen-bond donors (Lipinski definition) is 2. The van der Waals surface area contributed by atoms with Gasteiger partial charge in [0.1, 0.15) is 0 Å². The predicted molar refractivity (Wildman–Crippen MR) is 67.2 cm³/mol. The molecule has 1 rings (SSSR count). The van der Waals surface area contributed by atoms with Crippen LogP contribution in [0.2, 0.25) is 0 Å². The lowest BCUT2D eigenvalue weighted by molar-refractivity contribution is 0.258. The molecule has 0 bridgehead atoms. The molecule has 0 aliphatic rings. The molecule has 0 saturated carbocycles. The Morgan fingerprint density at radius 3 is 2.82 bits per heavy atom. The molecule has 1 aromatic heterocycles. The van der Waals surface area contributed by atoms with E-state index in [9.17, 15) is 5.11 Å². The van der Waals surface area contributed by atoms with E-state index in [1.165, 1.54) is 0 Å². The second kappa shape index (κ2) is 7.06. The van der Waals surface area contributed by atoms with Crippen molar-refractivity contribution in [1.29, 1.82) is 0 Å². The maximum absolute atomic E-state index is 9.26. The second-order valence-electron chi connectivity index (χ2n) is 4.30. The van der Waals surface area contributed by atoms with Crippen molar-refractivity contribution in [3.63, 3.8) is 0 Å². The Kier molecular flexibility index (Phi) is 5.69. The summed E-state index contributed by atoms with van der Waals surface area (Å²) in [7, 11) is 0. The molecule has 96 valence electrons. The number of anilines is 1. The van der Waals surface area contributed by atoms with Gasteiger partial charge in [-0.05, 0) is 19.3 Å². The molecule has 2 N–H and O–H groups in total. The van der Waals surface area contributed by atoms with Crippen LogP contribution in [0.4, 0.5) is 5.95 Å². The highest BCUT2D eigenvalue weighted by Gasteiger charge is 2.11. The highest BCUT2D eigenvalue weighted by atomic mass is 16.5. The number of aliphatic hydroxyl groups is 1. The number of ether oxygens (including phenoxy) is 1. The Hall–Kier alpha value is -1.36. The van der Waals surface area contributed by atoms with Gasteiger partial charge in [-0.3, -0.25) is 0 Å². The molecule has 1 heterocycles. The molecule has 0 fully saturated rings. The lowest BCUT2D eigenvalue weighted by Crippen LogP contribution is -2.26. The standard InChI is InChI=1S/C12H21N3O2/c1-4-17-11-5-6-13-12(15-11)14-10(8-16)7-9(2)3/h5-6,9-10,16H,4,7-8H2,1-3H3,(H,13,14,15). The van der Waals surface area contributed by atoms with Crippen molar-refractivity contribution in [2.24, 2.45) is 5.92 Å². The molecule has 0 spiro atoms. The van der Waals surface area contributed by atoms with Gasteiger partial charge in [0, 0.05) is 12.3 Å². The van der Waals surface area contributed by atoms with Crippen LogP contribution < -0.4 is 10.1 Å². The molecule has 0 aliphatic heterocycles. The summed E-state index contributed by atoms with van der Waals surface area (Å²) in [5.74, 6) is 1.55. The van der Waals surface area contributed by atoms with Crippen LogP contribution in [0.5, 0.6) is 5.88 Å². The van der Waals surface area contributed by atoms with E-state index in [2.05, 4.69) is 29.1 Å². The van der Waals surface area contributed by atoms with Gasteiger partial charge in [-0.15, -0.1) is 0 Å². The lowest BCUT2D eigenvalue weighted by Gasteiger charge is -2.18. The van der Waals surface area contributed by atoms with Crippen LogP contribution in [0.1, 0.15) is 27.2 Å². The largest absolute Gasteiger partial charge is 0.478 e. The first-order chi connectivity index (χ1) is 8.15. The molecule has 0 aromatic carbocycles. The van der Waals surface area contributed by atoms with Crippen LogP contribution in [0.25, 0.3) is 0 Å². The molecule has 1 aromatic rings. The van der Waals surface area contributed by atoms with E-state index in [0.29, 0.717) is 24.4 Å². The fraction of sp³-hybridized carbons (Fsp3) is 0.667. The second-order valence-corrected chi connectivity index (χ2v) is 4.30. The van der Waals surface area contributed by atoms with E-state index in [0.717, 1.165) is 6.42 Å². The predicted octanol–water partition coefficient (Wildman–Crippen LogP) is 1.69. The van der Waals surface area contributed by atoms with Gasteiger partial charge in [0.2, 0.25) is 11.8 Å². The lowest BCUT2D eigenvalue weighted by atomic mass is 10.0. The zero-order valence-electron chi connectivity index (χ0n) is 10.7. The molecule has 0 radical (unpaired) electrons. The molecule has 0 saturated heterocycles. The summed E-state index contributed by atoms with van der Waals surface area (Å²) < 4.78 is 5.29. The SMILES string of the molecule is CCOc1ccnc(NC(CO)CC(C)C)n1. The molecule has 1 unspecified atom stereocenters. The first kappa shape index (κ1) is 13.7. The smallest absolute Gasteiger partial charge is 0.226 e. The minimum absolute atomic E-state index is 0.0214. The minimum Gasteiger partial charge on any atom is -0.478 e. The first-order valence-corrected chi connectivity index (χ1v) is 5.99. The van der Waals surface area contributed by atoms with E-state index in [-0.39, 0.29) is 12.6 Å². The summed E-state index contributed by atoms with van der Waals surface area (Å²) in [5, 5.41) is 12.4. The quantitative estimate of drug-likeness (QED) is 0.758. The summed E-state index contributed by atoms with van der Waals surface area (Å²) >= 11 is 0.